The van der Waals surface area contributed by atoms with Gasteiger partial charge in [0.2, 0.25) is 5.91 Å². The van der Waals surface area contributed by atoms with Gasteiger partial charge in [-0.05, 0) is 35.0 Å². The predicted molar refractivity (Wildman–Crippen MR) is 75.1 cm³/mol. The summed E-state index contributed by atoms with van der Waals surface area (Å²) in [4.78, 5) is 16.2. The molecular formula is C13H15N7O. The van der Waals surface area contributed by atoms with E-state index in [0.29, 0.717) is 6.54 Å². The van der Waals surface area contributed by atoms with Gasteiger partial charge in [-0.25, -0.2) is 9.67 Å². The summed E-state index contributed by atoms with van der Waals surface area (Å²) in [5.41, 5.74) is 3.02. The van der Waals surface area contributed by atoms with Gasteiger partial charge in [-0.2, -0.15) is 0 Å². The van der Waals surface area contributed by atoms with Gasteiger partial charge < -0.3 is 9.88 Å². The molecule has 3 rings (SSSR count). The SMILES string of the molecule is Cc1nc2cc(CNC(=O)Cn3cnnn3)ccc2n1C. The first-order chi connectivity index (χ1) is 10.1. The summed E-state index contributed by atoms with van der Waals surface area (Å²) in [6.45, 7) is 2.53. The summed E-state index contributed by atoms with van der Waals surface area (Å²) in [5, 5.41) is 13.4. The topological polar surface area (TPSA) is 90.5 Å². The molecule has 1 N–H and O–H groups in total. The molecule has 0 unspecified atom stereocenters. The highest BCUT2D eigenvalue weighted by atomic mass is 16.2. The molecule has 3 aromatic rings. The van der Waals surface area contributed by atoms with Crippen LogP contribution in [0.3, 0.4) is 0 Å². The molecule has 0 aliphatic heterocycles. The highest BCUT2D eigenvalue weighted by Crippen LogP contribution is 2.16. The highest BCUT2D eigenvalue weighted by molar-refractivity contribution is 5.78. The van der Waals surface area contributed by atoms with Crippen molar-refractivity contribution in [1.29, 1.82) is 0 Å². The minimum absolute atomic E-state index is 0.109. The van der Waals surface area contributed by atoms with Gasteiger partial charge in [-0.15, -0.1) is 5.10 Å². The van der Waals surface area contributed by atoms with Crippen molar-refractivity contribution in [3.63, 3.8) is 0 Å². The predicted octanol–water partition coefficient (Wildman–Crippen LogP) is 0.185. The second-order valence-corrected chi connectivity index (χ2v) is 4.83. The molecule has 0 fully saturated rings. The summed E-state index contributed by atoms with van der Waals surface area (Å²) in [5.74, 6) is 0.824. The lowest BCUT2D eigenvalue weighted by Crippen LogP contribution is -2.27. The Balaban J connectivity index is 1.66. The van der Waals surface area contributed by atoms with Crippen molar-refractivity contribution in [3.05, 3.63) is 35.9 Å². The van der Waals surface area contributed by atoms with Gasteiger partial charge in [0.15, 0.2) is 0 Å². The molecule has 1 aromatic carbocycles. The number of fused-ring (bicyclic) bond motifs is 1. The van der Waals surface area contributed by atoms with Crippen molar-refractivity contribution in [2.75, 3.05) is 0 Å². The van der Waals surface area contributed by atoms with Crippen molar-refractivity contribution in [2.24, 2.45) is 7.05 Å². The van der Waals surface area contributed by atoms with Gasteiger partial charge >= 0.3 is 0 Å². The van der Waals surface area contributed by atoms with Gasteiger partial charge in [-0.1, -0.05) is 6.07 Å². The van der Waals surface area contributed by atoms with E-state index in [4.69, 9.17) is 0 Å². The number of nitrogens with zero attached hydrogens (tertiary/aromatic N) is 6. The van der Waals surface area contributed by atoms with Crippen molar-refractivity contribution in [2.45, 2.75) is 20.0 Å². The molecule has 0 saturated heterocycles. The molecule has 0 bridgehead atoms. The Hall–Kier alpha value is -2.77. The number of aromatic nitrogens is 6. The fourth-order valence-electron chi connectivity index (χ4n) is 2.13. The third kappa shape index (κ3) is 2.73. The molecule has 0 atom stereocenters. The Morgan fingerprint density at radius 3 is 3.00 bits per heavy atom. The number of rotatable bonds is 4. The average molecular weight is 285 g/mol. The second-order valence-electron chi connectivity index (χ2n) is 4.83. The zero-order chi connectivity index (χ0) is 14.8. The molecule has 1 amide bonds. The maximum Gasteiger partial charge on any atom is 0.242 e. The third-order valence-corrected chi connectivity index (χ3v) is 3.36. The first-order valence-corrected chi connectivity index (χ1v) is 6.53. The van der Waals surface area contributed by atoms with Crippen LogP contribution in [-0.2, 0) is 24.9 Å². The summed E-state index contributed by atoms with van der Waals surface area (Å²) >= 11 is 0. The van der Waals surface area contributed by atoms with E-state index >= 15 is 0 Å². The Kier molecular flexibility index (Phi) is 3.35. The average Bonchev–Trinajstić information content (AvgIpc) is 3.06. The molecular weight excluding hydrogens is 270 g/mol. The van der Waals surface area contributed by atoms with E-state index in [1.165, 1.54) is 11.0 Å². The fourth-order valence-corrected chi connectivity index (χ4v) is 2.13. The molecule has 8 nitrogen and oxygen atoms in total. The summed E-state index contributed by atoms with van der Waals surface area (Å²) in [7, 11) is 1.98. The lowest BCUT2D eigenvalue weighted by atomic mass is 10.2. The lowest BCUT2D eigenvalue weighted by molar-refractivity contribution is -0.122. The number of tetrazole rings is 1. The lowest BCUT2D eigenvalue weighted by Gasteiger charge is -2.05. The number of amides is 1. The quantitative estimate of drug-likeness (QED) is 0.738. The van der Waals surface area contributed by atoms with E-state index in [1.54, 1.807) is 0 Å². The van der Waals surface area contributed by atoms with Crippen LogP contribution in [0, 0.1) is 6.92 Å². The largest absolute Gasteiger partial charge is 0.350 e. The molecule has 0 spiro atoms. The van der Waals surface area contributed by atoms with Crippen molar-refractivity contribution < 1.29 is 4.79 Å². The van der Waals surface area contributed by atoms with Crippen LogP contribution in [0.15, 0.2) is 24.5 Å². The number of imidazole rings is 1. The molecule has 0 saturated carbocycles. The Morgan fingerprint density at radius 2 is 2.24 bits per heavy atom. The number of hydrogen-bond acceptors (Lipinski definition) is 5. The molecule has 0 radical (unpaired) electrons. The molecule has 2 heterocycles. The van der Waals surface area contributed by atoms with E-state index in [-0.39, 0.29) is 12.5 Å². The monoisotopic (exact) mass is 285 g/mol. The Bertz CT molecular complexity index is 775. The summed E-state index contributed by atoms with van der Waals surface area (Å²) in [6, 6.07) is 5.98. The van der Waals surface area contributed by atoms with Gasteiger partial charge in [0.1, 0.15) is 18.7 Å². The summed E-state index contributed by atoms with van der Waals surface area (Å²) in [6.07, 6.45) is 1.41. The van der Waals surface area contributed by atoms with Crippen molar-refractivity contribution in [1.82, 2.24) is 35.1 Å². The van der Waals surface area contributed by atoms with Crippen molar-refractivity contribution in [3.8, 4) is 0 Å². The molecule has 2 aromatic heterocycles. The highest BCUT2D eigenvalue weighted by Gasteiger charge is 2.07. The second kappa shape index (κ2) is 5.31. The van der Waals surface area contributed by atoms with Crippen molar-refractivity contribution >= 4 is 16.9 Å². The maximum absolute atomic E-state index is 11.8. The summed E-state index contributed by atoms with van der Waals surface area (Å²) < 4.78 is 3.41. The molecule has 0 aliphatic rings. The van der Waals surface area contributed by atoms with Gasteiger partial charge in [0.25, 0.3) is 0 Å². The number of carbonyl (C=O) groups excluding carboxylic acids is 1. The van der Waals surface area contributed by atoms with Crippen LogP contribution in [-0.4, -0.2) is 35.7 Å². The molecule has 8 heteroatoms. The number of nitrogens with one attached hydrogen (secondary N) is 1. The molecule has 108 valence electrons. The Labute approximate surface area is 120 Å². The first kappa shape index (κ1) is 13.2. The molecule has 0 aliphatic carbocycles. The minimum atomic E-state index is -0.139. The van der Waals surface area contributed by atoms with E-state index in [9.17, 15) is 4.79 Å². The normalized spacial score (nSPS) is 11.0. The molecule has 21 heavy (non-hydrogen) atoms. The van der Waals surface area contributed by atoms with Crippen LogP contribution >= 0.6 is 0 Å². The number of benzene rings is 1. The van der Waals surface area contributed by atoms with Gasteiger partial charge in [0, 0.05) is 13.6 Å². The van der Waals surface area contributed by atoms with Crippen LogP contribution in [0.1, 0.15) is 11.4 Å². The third-order valence-electron chi connectivity index (χ3n) is 3.36. The van der Waals surface area contributed by atoms with Gasteiger partial charge in [-0.3, -0.25) is 4.79 Å². The number of hydrogen-bond donors (Lipinski definition) is 1. The van der Waals surface area contributed by atoms with E-state index in [1.807, 2.05) is 36.7 Å². The zero-order valence-electron chi connectivity index (χ0n) is 11.8. The number of carbonyl (C=O) groups is 1. The Morgan fingerprint density at radius 1 is 1.38 bits per heavy atom. The van der Waals surface area contributed by atoms with E-state index in [0.717, 1.165) is 22.4 Å². The standard InChI is InChI=1S/C13H15N7O/c1-9-16-11-5-10(3-4-12(11)19(9)2)6-14-13(21)7-20-8-15-17-18-20/h3-5,8H,6-7H2,1-2H3,(H,14,21). The first-order valence-electron chi connectivity index (χ1n) is 6.53. The van der Waals surface area contributed by atoms with E-state index in [2.05, 4.69) is 25.8 Å². The van der Waals surface area contributed by atoms with Crippen LogP contribution < -0.4 is 5.32 Å². The van der Waals surface area contributed by atoms with E-state index < -0.39 is 0 Å². The van der Waals surface area contributed by atoms with Crippen LogP contribution in [0.25, 0.3) is 11.0 Å². The zero-order valence-corrected chi connectivity index (χ0v) is 11.8. The minimum Gasteiger partial charge on any atom is -0.350 e. The van der Waals surface area contributed by atoms with Gasteiger partial charge in [0.05, 0.1) is 11.0 Å². The van der Waals surface area contributed by atoms with Crippen LogP contribution in [0.2, 0.25) is 0 Å². The fraction of sp³-hybridized carbons (Fsp3) is 0.308. The maximum atomic E-state index is 11.8. The smallest absolute Gasteiger partial charge is 0.242 e. The number of aryl methyl sites for hydroxylation is 2. The van der Waals surface area contributed by atoms with Crippen LogP contribution in [0.4, 0.5) is 0 Å². The van der Waals surface area contributed by atoms with Crippen LogP contribution in [0.5, 0.6) is 0 Å².